The number of anilines is 1. The van der Waals surface area contributed by atoms with Crippen LogP contribution >= 0.6 is 28.1 Å². The van der Waals surface area contributed by atoms with Crippen molar-refractivity contribution < 1.29 is 4.74 Å². The fourth-order valence-electron chi connectivity index (χ4n) is 1.47. The van der Waals surface area contributed by atoms with E-state index in [0.29, 0.717) is 11.6 Å². The Morgan fingerprint density at radius 1 is 1.59 bits per heavy atom. The number of hydrogen-bond acceptors (Lipinski definition) is 3. The van der Waals surface area contributed by atoms with Gasteiger partial charge >= 0.3 is 0 Å². The van der Waals surface area contributed by atoms with Gasteiger partial charge in [-0.2, -0.15) is 0 Å². The van der Waals surface area contributed by atoms with Crippen molar-refractivity contribution in [3.05, 3.63) is 28.2 Å². The zero-order valence-electron chi connectivity index (χ0n) is 10.00. The number of nitrogens with one attached hydrogen (secondary N) is 1. The third kappa shape index (κ3) is 4.61. The maximum Gasteiger partial charge on any atom is 0.106 e. The third-order valence-corrected chi connectivity index (χ3v) is 2.99. The zero-order chi connectivity index (χ0) is 12.8. The second-order valence-electron chi connectivity index (χ2n) is 3.70. The SMILES string of the molecule is CCOC(C)CNc1cc(Br)ccc1C(N)=S. The van der Waals surface area contributed by atoms with Gasteiger partial charge in [-0.05, 0) is 32.0 Å². The van der Waals surface area contributed by atoms with Gasteiger partial charge in [-0.1, -0.05) is 28.1 Å². The maximum atomic E-state index is 5.67. The highest BCUT2D eigenvalue weighted by atomic mass is 79.9. The average molecular weight is 317 g/mol. The lowest BCUT2D eigenvalue weighted by Gasteiger charge is -2.16. The Hall–Kier alpha value is -0.650. The molecular weight excluding hydrogens is 300 g/mol. The maximum absolute atomic E-state index is 5.67. The molecule has 1 unspecified atom stereocenters. The van der Waals surface area contributed by atoms with Gasteiger partial charge in [0.15, 0.2) is 0 Å². The van der Waals surface area contributed by atoms with E-state index in [1.54, 1.807) is 0 Å². The molecule has 3 N–H and O–H groups in total. The summed E-state index contributed by atoms with van der Waals surface area (Å²) in [5.74, 6) is 0. The third-order valence-electron chi connectivity index (χ3n) is 2.28. The van der Waals surface area contributed by atoms with Crippen LogP contribution in [0, 0.1) is 0 Å². The Morgan fingerprint density at radius 2 is 2.29 bits per heavy atom. The van der Waals surface area contributed by atoms with Gasteiger partial charge in [0.2, 0.25) is 0 Å². The van der Waals surface area contributed by atoms with E-state index in [1.165, 1.54) is 0 Å². The van der Waals surface area contributed by atoms with E-state index < -0.39 is 0 Å². The van der Waals surface area contributed by atoms with Crippen LogP contribution in [0.2, 0.25) is 0 Å². The number of hydrogen-bond donors (Lipinski definition) is 2. The van der Waals surface area contributed by atoms with Crippen molar-refractivity contribution in [2.75, 3.05) is 18.5 Å². The van der Waals surface area contributed by atoms with Gasteiger partial charge in [-0.25, -0.2) is 0 Å². The van der Waals surface area contributed by atoms with Crippen LogP contribution in [0.4, 0.5) is 5.69 Å². The zero-order valence-corrected chi connectivity index (χ0v) is 12.4. The molecule has 1 rings (SSSR count). The van der Waals surface area contributed by atoms with Gasteiger partial charge in [0.25, 0.3) is 0 Å². The van der Waals surface area contributed by atoms with E-state index >= 15 is 0 Å². The van der Waals surface area contributed by atoms with E-state index in [2.05, 4.69) is 21.2 Å². The molecule has 5 heteroatoms. The minimum atomic E-state index is 0.151. The number of thiocarbonyl (C=S) groups is 1. The lowest BCUT2D eigenvalue weighted by Crippen LogP contribution is -2.21. The van der Waals surface area contributed by atoms with Crippen molar-refractivity contribution in [2.45, 2.75) is 20.0 Å². The lowest BCUT2D eigenvalue weighted by molar-refractivity contribution is 0.0855. The molecule has 1 atom stereocenters. The molecule has 94 valence electrons. The van der Waals surface area contributed by atoms with Gasteiger partial charge in [0, 0.05) is 28.9 Å². The van der Waals surface area contributed by atoms with Crippen molar-refractivity contribution in [3.8, 4) is 0 Å². The van der Waals surface area contributed by atoms with Crippen molar-refractivity contribution in [1.82, 2.24) is 0 Å². The summed E-state index contributed by atoms with van der Waals surface area (Å²) in [4.78, 5) is 0.393. The number of ether oxygens (including phenoxy) is 1. The van der Waals surface area contributed by atoms with Crippen molar-refractivity contribution >= 4 is 38.8 Å². The fraction of sp³-hybridized carbons (Fsp3) is 0.417. The summed E-state index contributed by atoms with van der Waals surface area (Å²) in [6.45, 7) is 5.44. The summed E-state index contributed by atoms with van der Waals surface area (Å²) in [5, 5.41) is 3.30. The molecule has 3 nitrogen and oxygen atoms in total. The Morgan fingerprint density at radius 3 is 2.88 bits per heavy atom. The summed E-state index contributed by atoms with van der Waals surface area (Å²) < 4.78 is 6.45. The standard InChI is InChI=1S/C12H17BrN2OS/c1-3-16-8(2)7-15-11-6-9(13)4-5-10(11)12(14)17/h4-6,8,15H,3,7H2,1-2H3,(H2,14,17). The molecule has 17 heavy (non-hydrogen) atoms. The smallest absolute Gasteiger partial charge is 0.106 e. The normalized spacial score (nSPS) is 12.2. The van der Waals surface area contributed by atoms with Crippen molar-refractivity contribution in [3.63, 3.8) is 0 Å². The molecule has 1 aromatic carbocycles. The number of halogens is 1. The summed E-state index contributed by atoms with van der Waals surface area (Å²) >= 11 is 8.44. The number of rotatable bonds is 6. The highest BCUT2D eigenvalue weighted by molar-refractivity contribution is 9.10. The van der Waals surface area contributed by atoms with Gasteiger partial charge in [0.1, 0.15) is 4.99 Å². The van der Waals surface area contributed by atoms with Gasteiger partial charge < -0.3 is 15.8 Å². The Labute approximate surface area is 116 Å². The van der Waals surface area contributed by atoms with E-state index in [0.717, 1.165) is 22.3 Å². The predicted molar refractivity (Wildman–Crippen MR) is 79.6 cm³/mol. The van der Waals surface area contributed by atoms with Crippen LogP contribution in [0.15, 0.2) is 22.7 Å². The molecule has 0 radical (unpaired) electrons. The monoisotopic (exact) mass is 316 g/mol. The van der Waals surface area contributed by atoms with Crippen molar-refractivity contribution in [1.29, 1.82) is 0 Å². The summed E-state index contributed by atoms with van der Waals surface area (Å²) in [6, 6.07) is 5.79. The molecule has 0 aromatic heterocycles. The van der Waals surface area contributed by atoms with Crippen LogP contribution in [-0.2, 0) is 4.74 Å². The molecule has 0 saturated carbocycles. The van der Waals surface area contributed by atoms with Crippen molar-refractivity contribution in [2.24, 2.45) is 5.73 Å². The average Bonchev–Trinajstić information content (AvgIpc) is 2.26. The van der Waals surface area contributed by atoms with E-state index in [1.807, 2.05) is 32.0 Å². The molecular formula is C12H17BrN2OS. The van der Waals surface area contributed by atoms with Crippen LogP contribution in [-0.4, -0.2) is 24.2 Å². The second kappa shape index (κ2) is 6.93. The molecule has 0 aliphatic heterocycles. The van der Waals surface area contributed by atoms with E-state index in [9.17, 15) is 0 Å². The van der Waals surface area contributed by atoms with Crippen LogP contribution in [0.1, 0.15) is 19.4 Å². The van der Waals surface area contributed by atoms with E-state index in [4.69, 9.17) is 22.7 Å². The topological polar surface area (TPSA) is 47.3 Å². The molecule has 1 aromatic rings. The van der Waals surface area contributed by atoms with E-state index in [-0.39, 0.29) is 6.10 Å². The summed E-state index contributed by atoms with van der Waals surface area (Å²) in [7, 11) is 0. The molecule has 0 saturated heterocycles. The Bertz CT molecular complexity index is 398. The Kier molecular flexibility index (Phi) is 5.88. The molecule has 0 fully saturated rings. The van der Waals surface area contributed by atoms with Gasteiger partial charge in [-0.3, -0.25) is 0 Å². The largest absolute Gasteiger partial charge is 0.389 e. The fourth-order valence-corrected chi connectivity index (χ4v) is 2.01. The van der Waals surface area contributed by atoms with Crippen LogP contribution in [0.5, 0.6) is 0 Å². The molecule has 0 heterocycles. The summed E-state index contributed by atoms with van der Waals surface area (Å²) in [5.41, 5.74) is 7.46. The minimum absolute atomic E-state index is 0.151. The lowest BCUT2D eigenvalue weighted by atomic mass is 10.1. The highest BCUT2D eigenvalue weighted by Gasteiger charge is 2.07. The van der Waals surface area contributed by atoms with Crippen LogP contribution in [0.3, 0.4) is 0 Å². The second-order valence-corrected chi connectivity index (χ2v) is 5.06. The van der Waals surface area contributed by atoms with Gasteiger partial charge in [0.05, 0.1) is 6.10 Å². The predicted octanol–water partition coefficient (Wildman–Crippen LogP) is 2.92. The molecule has 0 amide bonds. The van der Waals surface area contributed by atoms with Gasteiger partial charge in [-0.15, -0.1) is 0 Å². The highest BCUT2D eigenvalue weighted by Crippen LogP contribution is 2.21. The first-order chi connectivity index (χ1) is 8.04. The number of nitrogens with two attached hydrogens (primary N) is 1. The van der Waals surface area contributed by atoms with Crippen LogP contribution in [0.25, 0.3) is 0 Å². The number of benzene rings is 1. The molecule has 0 bridgehead atoms. The quantitative estimate of drug-likeness (QED) is 0.792. The molecule has 0 aliphatic rings. The molecule has 0 spiro atoms. The first kappa shape index (κ1) is 14.4. The molecule has 0 aliphatic carbocycles. The summed E-state index contributed by atoms with van der Waals surface area (Å²) in [6.07, 6.45) is 0.151. The first-order valence-corrected chi connectivity index (χ1v) is 6.69. The Balaban J connectivity index is 2.75. The minimum Gasteiger partial charge on any atom is -0.389 e. The first-order valence-electron chi connectivity index (χ1n) is 5.49. The van der Waals surface area contributed by atoms with Crippen LogP contribution < -0.4 is 11.1 Å².